The normalized spacial score (nSPS) is 12.8. The maximum atomic E-state index is 5.07. The standard InChI is InChI=1S/C15H28N2O/c1-4-8-15(16-5-2)14-9-11-17(13-14)10-6-7-12-18-3/h9,11,13,15-16H,4-8,10,12H2,1-3H3. The van der Waals surface area contributed by atoms with Crippen LogP contribution in [-0.4, -0.2) is 24.8 Å². The van der Waals surface area contributed by atoms with Gasteiger partial charge in [0.1, 0.15) is 0 Å². The molecule has 3 heteroatoms. The predicted octanol–water partition coefficient (Wildman–Crippen LogP) is 3.37. The van der Waals surface area contributed by atoms with E-state index in [0.29, 0.717) is 6.04 Å². The van der Waals surface area contributed by atoms with E-state index in [9.17, 15) is 0 Å². The third kappa shape index (κ3) is 5.23. The fourth-order valence-corrected chi connectivity index (χ4v) is 2.27. The van der Waals surface area contributed by atoms with Crippen molar-refractivity contribution in [2.75, 3.05) is 20.3 Å². The zero-order valence-corrected chi connectivity index (χ0v) is 12.1. The Labute approximate surface area is 112 Å². The molecule has 1 rings (SSSR count). The second kappa shape index (κ2) is 9.17. The molecular formula is C15H28N2O. The Morgan fingerprint density at radius 1 is 1.33 bits per heavy atom. The second-order valence-electron chi connectivity index (χ2n) is 4.78. The largest absolute Gasteiger partial charge is 0.385 e. The first-order valence-corrected chi connectivity index (χ1v) is 7.19. The van der Waals surface area contributed by atoms with Crippen molar-refractivity contribution < 1.29 is 4.74 Å². The van der Waals surface area contributed by atoms with E-state index < -0.39 is 0 Å². The minimum atomic E-state index is 0.514. The third-order valence-electron chi connectivity index (χ3n) is 3.22. The Bertz CT molecular complexity index is 303. The zero-order valence-electron chi connectivity index (χ0n) is 12.1. The molecule has 1 aromatic rings. The second-order valence-corrected chi connectivity index (χ2v) is 4.78. The molecule has 3 nitrogen and oxygen atoms in total. The molecule has 0 aliphatic rings. The van der Waals surface area contributed by atoms with Crippen molar-refractivity contribution >= 4 is 0 Å². The molecule has 0 spiro atoms. The lowest BCUT2D eigenvalue weighted by molar-refractivity contribution is 0.191. The number of ether oxygens (including phenoxy) is 1. The first kappa shape index (κ1) is 15.3. The SMILES string of the molecule is CCCC(NCC)c1ccn(CCCCOC)c1. The molecule has 1 aromatic heterocycles. The van der Waals surface area contributed by atoms with Crippen LogP contribution < -0.4 is 5.32 Å². The van der Waals surface area contributed by atoms with Gasteiger partial charge in [0, 0.05) is 38.7 Å². The summed E-state index contributed by atoms with van der Waals surface area (Å²) < 4.78 is 7.36. The van der Waals surface area contributed by atoms with Crippen LogP contribution in [-0.2, 0) is 11.3 Å². The Morgan fingerprint density at radius 2 is 2.17 bits per heavy atom. The maximum absolute atomic E-state index is 5.07. The van der Waals surface area contributed by atoms with Gasteiger partial charge in [-0.25, -0.2) is 0 Å². The molecule has 104 valence electrons. The van der Waals surface area contributed by atoms with E-state index in [4.69, 9.17) is 4.74 Å². The Kier molecular flexibility index (Phi) is 7.78. The molecule has 0 saturated carbocycles. The van der Waals surface area contributed by atoms with Crippen LogP contribution in [0.15, 0.2) is 18.5 Å². The van der Waals surface area contributed by atoms with Gasteiger partial charge in [-0.15, -0.1) is 0 Å². The van der Waals surface area contributed by atoms with Crippen molar-refractivity contribution in [3.05, 3.63) is 24.0 Å². The molecule has 0 fully saturated rings. The Morgan fingerprint density at radius 3 is 2.83 bits per heavy atom. The summed E-state index contributed by atoms with van der Waals surface area (Å²) in [6, 6.07) is 2.76. The Hall–Kier alpha value is -0.800. The molecule has 1 unspecified atom stereocenters. The van der Waals surface area contributed by atoms with Crippen LogP contribution in [0.3, 0.4) is 0 Å². The van der Waals surface area contributed by atoms with Crippen molar-refractivity contribution in [2.24, 2.45) is 0 Å². The van der Waals surface area contributed by atoms with E-state index in [1.54, 1.807) is 7.11 Å². The summed E-state index contributed by atoms with van der Waals surface area (Å²) in [4.78, 5) is 0. The monoisotopic (exact) mass is 252 g/mol. The van der Waals surface area contributed by atoms with E-state index in [1.807, 2.05) is 0 Å². The maximum Gasteiger partial charge on any atom is 0.0462 e. The summed E-state index contributed by atoms with van der Waals surface area (Å²) in [7, 11) is 1.76. The topological polar surface area (TPSA) is 26.2 Å². The number of nitrogens with zero attached hydrogens (tertiary/aromatic N) is 1. The summed E-state index contributed by atoms with van der Waals surface area (Å²) >= 11 is 0. The van der Waals surface area contributed by atoms with Gasteiger partial charge in [0.05, 0.1) is 0 Å². The van der Waals surface area contributed by atoms with Gasteiger partial charge in [-0.1, -0.05) is 20.3 Å². The highest BCUT2D eigenvalue weighted by molar-refractivity contribution is 5.15. The summed E-state index contributed by atoms with van der Waals surface area (Å²) in [5.74, 6) is 0. The van der Waals surface area contributed by atoms with E-state index >= 15 is 0 Å². The number of rotatable bonds is 10. The van der Waals surface area contributed by atoms with Crippen LogP contribution in [0.25, 0.3) is 0 Å². The fourth-order valence-electron chi connectivity index (χ4n) is 2.27. The van der Waals surface area contributed by atoms with Gasteiger partial charge in [0.25, 0.3) is 0 Å². The van der Waals surface area contributed by atoms with Crippen LogP contribution in [0.5, 0.6) is 0 Å². The van der Waals surface area contributed by atoms with Gasteiger partial charge in [-0.3, -0.25) is 0 Å². The van der Waals surface area contributed by atoms with Crippen molar-refractivity contribution in [3.8, 4) is 0 Å². The van der Waals surface area contributed by atoms with Gasteiger partial charge >= 0.3 is 0 Å². The summed E-state index contributed by atoms with van der Waals surface area (Å²) in [6.07, 6.45) is 9.23. The first-order valence-electron chi connectivity index (χ1n) is 7.19. The molecule has 0 radical (unpaired) electrons. The first-order chi connectivity index (χ1) is 8.81. The molecule has 18 heavy (non-hydrogen) atoms. The average molecular weight is 252 g/mol. The quantitative estimate of drug-likeness (QED) is 0.646. The number of unbranched alkanes of at least 4 members (excludes halogenated alkanes) is 1. The lowest BCUT2D eigenvalue weighted by atomic mass is 10.1. The molecule has 1 atom stereocenters. The number of aromatic nitrogens is 1. The third-order valence-corrected chi connectivity index (χ3v) is 3.22. The van der Waals surface area contributed by atoms with Gasteiger partial charge < -0.3 is 14.6 Å². The number of aryl methyl sites for hydroxylation is 1. The van der Waals surface area contributed by atoms with Gasteiger partial charge in [0.2, 0.25) is 0 Å². The minimum Gasteiger partial charge on any atom is -0.385 e. The van der Waals surface area contributed by atoms with Crippen LogP contribution >= 0.6 is 0 Å². The van der Waals surface area contributed by atoms with Crippen molar-refractivity contribution in [1.29, 1.82) is 0 Å². The molecule has 0 amide bonds. The fraction of sp³-hybridized carbons (Fsp3) is 0.733. The highest BCUT2D eigenvalue weighted by Gasteiger charge is 2.10. The minimum absolute atomic E-state index is 0.514. The zero-order chi connectivity index (χ0) is 13.2. The molecule has 0 aromatic carbocycles. The van der Waals surface area contributed by atoms with Gasteiger partial charge in [-0.05, 0) is 37.4 Å². The van der Waals surface area contributed by atoms with Crippen molar-refractivity contribution in [3.63, 3.8) is 0 Å². The molecule has 1 N–H and O–H groups in total. The molecule has 1 heterocycles. The van der Waals surface area contributed by atoms with E-state index in [0.717, 1.165) is 26.1 Å². The predicted molar refractivity (Wildman–Crippen MR) is 76.9 cm³/mol. The van der Waals surface area contributed by atoms with Crippen molar-refractivity contribution in [2.45, 2.75) is 52.1 Å². The number of methoxy groups -OCH3 is 1. The van der Waals surface area contributed by atoms with Crippen LogP contribution in [0.1, 0.15) is 51.1 Å². The van der Waals surface area contributed by atoms with Gasteiger partial charge in [0.15, 0.2) is 0 Å². The summed E-state index contributed by atoms with van der Waals surface area (Å²) in [5.41, 5.74) is 1.42. The number of hydrogen-bond donors (Lipinski definition) is 1. The smallest absolute Gasteiger partial charge is 0.0462 e. The van der Waals surface area contributed by atoms with E-state index in [-0.39, 0.29) is 0 Å². The van der Waals surface area contributed by atoms with E-state index in [2.05, 4.69) is 42.2 Å². The van der Waals surface area contributed by atoms with Crippen LogP contribution in [0.2, 0.25) is 0 Å². The van der Waals surface area contributed by atoms with E-state index in [1.165, 1.54) is 24.8 Å². The lowest BCUT2D eigenvalue weighted by Crippen LogP contribution is -2.20. The van der Waals surface area contributed by atoms with Crippen LogP contribution in [0, 0.1) is 0 Å². The molecule has 0 aliphatic carbocycles. The highest BCUT2D eigenvalue weighted by atomic mass is 16.5. The highest BCUT2D eigenvalue weighted by Crippen LogP contribution is 2.19. The lowest BCUT2D eigenvalue weighted by Gasteiger charge is -2.15. The van der Waals surface area contributed by atoms with Crippen LogP contribution in [0.4, 0.5) is 0 Å². The van der Waals surface area contributed by atoms with Crippen molar-refractivity contribution in [1.82, 2.24) is 9.88 Å². The summed E-state index contributed by atoms with van der Waals surface area (Å²) in [6.45, 7) is 7.40. The van der Waals surface area contributed by atoms with Gasteiger partial charge in [-0.2, -0.15) is 0 Å². The molecule has 0 bridgehead atoms. The average Bonchev–Trinajstić information content (AvgIpc) is 2.83. The Balaban J connectivity index is 2.44. The molecular weight excluding hydrogens is 224 g/mol. The summed E-state index contributed by atoms with van der Waals surface area (Å²) in [5, 5.41) is 3.56. The number of hydrogen-bond acceptors (Lipinski definition) is 2. The molecule has 0 aliphatic heterocycles. The molecule has 0 saturated heterocycles. The number of nitrogens with one attached hydrogen (secondary N) is 1.